The number of fused-ring (bicyclic) bond motifs is 1. The van der Waals surface area contributed by atoms with Gasteiger partial charge in [-0.15, -0.1) is 11.3 Å². The summed E-state index contributed by atoms with van der Waals surface area (Å²) in [5.74, 6) is -0.304. The van der Waals surface area contributed by atoms with Crippen LogP contribution in [0.3, 0.4) is 0 Å². The minimum atomic E-state index is -0.304. The van der Waals surface area contributed by atoms with Crippen molar-refractivity contribution in [3.8, 4) is 0 Å². The average Bonchev–Trinajstić information content (AvgIpc) is 3.07. The number of nitrogens with zero attached hydrogens (tertiary/aromatic N) is 1. The summed E-state index contributed by atoms with van der Waals surface area (Å²) < 4.78 is 0.999. The molecule has 1 amide bonds. The van der Waals surface area contributed by atoms with E-state index in [1.165, 1.54) is 11.3 Å². The highest BCUT2D eigenvalue weighted by Crippen LogP contribution is 2.35. The van der Waals surface area contributed by atoms with Crippen LogP contribution in [0.2, 0.25) is 5.02 Å². The van der Waals surface area contributed by atoms with Crippen molar-refractivity contribution >= 4 is 45.1 Å². The second kappa shape index (κ2) is 5.71. The maximum atomic E-state index is 12.1. The smallest absolute Gasteiger partial charge is 0.283 e. The molecule has 1 aromatic carbocycles. The van der Waals surface area contributed by atoms with E-state index >= 15 is 0 Å². The molecule has 21 heavy (non-hydrogen) atoms. The molecule has 4 nitrogen and oxygen atoms in total. The second-order valence-electron chi connectivity index (χ2n) is 4.57. The Bertz CT molecular complexity index is 821. The largest absolute Gasteiger partial charge is 0.360 e. The number of H-pyrrole nitrogens is 1. The van der Waals surface area contributed by atoms with Crippen molar-refractivity contribution in [3.05, 3.63) is 57.7 Å². The van der Waals surface area contributed by atoms with Gasteiger partial charge in [-0.25, -0.2) is 5.43 Å². The summed E-state index contributed by atoms with van der Waals surface area (Å²) >= 11 is 7.64. The summed E-state index contributed by atoms with van der Waals surface area (Å²) in [7, 11) is 0. The number of aryl methyl sites for hydroxylation is 1. The number of carbonyl (C=O) groups excluding carboxylic acids is 1. The number of hydrogen-bond donors (Lipinski definition) is 2. The molecule has 2 heterocycles. The molecule has 0 fully saturated rings. The van der Waals surface area contributed by atoms with Gasteiger partial charge in [0.05, 0.1) is 16.9 Å². The Balaban J connectivity index is 1.83. The van der Waals surface area contributed by atoms with Gasteiger partial charge in [0.1, 0.15) is 4.88 Å². The fraction of sp³-hybridized carbons (Fsp3) is 0.0667. The summed E-state index contributed by atoms with van der Waals surface area (Å²) in [5, 5.41) is 5.28. The molecule has 3 aromatic rings. The third-order valence-corrected chi connectivity index (χ3v) is 4.64. The Labute approximate surface area is 130 Å². The number of aromatic nitrogens is 1. The maximum absolute atomic E-state index is 12.1. The molecule has 106 valence electrons. The number of benzene rings is 1. The molecular weight excluding hydrogens is 306 g/mol. The van der Waals surface area contributed by atoms with Crippen LogP contribution in [0.1, 0.15) is 20.9 Å². The highest BCUT2D eigenvalue weighted by molar-refractivity contribution is 7.21. The molecule has 0 atom stereocenters. The van der Waals surface area contributed by atoms with E-state index in [9.17, 15) is 4.79 Å². The summed E-state index contributed by atoms with van der Waals surface area (Å²) in [6.45, 7) is 2.01. The zero-order chi connectivity index (χ0) is 14.8. The Hall–Kier alpha value is -2.11. The molecule has 2 N–H and O–H groups in total. The lowest BCUT2D eigenvalue weighted by Crippen LogP contribution is -2.16. The first-order valence-corrected chi connectivity index (χ1v) is 7.50. The molecule has 0 saturated heterocycles. The summed E-state index contributed by atoms with van der Waals surface area (Å²) in [6.07, 6.45) is 3.33. The van der Waals surface area contributed by atoms with Crippen LogP contribution in [-0.2, 0) is 0 Å². The van der Waals surface area contributed by atoms with Gasteiger partial charge in [-0.3, -0.25) is 4.79 Å². The van der Waals surface area contributed by atoms with Gasteiger partial charge in [0.15, 0.2) is 0 Å². The number of rotatable bonds is 3. The van der Waals surface area contributed by atoms with Crippen LogP contribution in [-0.4, -0.2) is 17.1 Å². The third kappa shape index (κ3) is 2.84. The molecule has 6 heteroatoms. The summed E-state index contributed by atoms with van der Waals surface area (Å²) in [6, 6.07) is 9.64. The first kappa shape index (κ1) is 13.9. The SMILES string of the molecule is Cc1ccc2c(Cl)c(C(=O)N/N=C/c3ccc[nH]3)sc2c1. The number of aromatic amines is 1. The van der Waals surface area contributed by atoms with E-state index in [-0.39, 0.29) is 5.91 Å². The van der Waals surface area contributed by atoms with E-state index in [0.717, 1.165) is 21.3 Å². The quantitative estimate of drug-likeness (QED) is 0.557. The maximum Gasteiger partial charge on any atom is 0.283 e. The number of hydrogen-bond acceptors (Lipinski definition) is 3. The number of nitrogens with one attached hydrogen (secondary N) is 2. The van der Waals surface area contributed by atoms with Gasteiger partial charge < -0.3 is 4.98 Å². The molecule has 0 saturated carbocycles. The molecule has 0 aliphatic carbocycles. The van der Waals surface area contributed by atoms with E-state index in [4.69, 9.17) is 11.6 Å². The van der Waals surface area contributed by atoms with Crippen molar-refractivity contribution in [2.75, 3.05) is 0 Å². The van der Waals surface area contributed by atoms with Gasteiger partial charge in [-0.2, -0.15) is 5.10 Å². The standard InChI is InChI=1S/C15H12ClN3OS/c1-9-4-5-11-12(7-9)21-14(13(11)16)15(20)19-18-8-10-3-2-6-17-10/h2-8,17H,1H3,(H,19,20)/b18-8+. The average molecular weight is 318 g/mol. The van der Waals surface area contributed by atoms with Crippen LogP contribution in [0, 0.1) is 6.92 Å². The van der Waals surface area contributed by atoms with Gasteiger partial charge in [0.25, 0.3) is 5.91 Å². The molecule has 0 radical (unpaired) electrons. The fourth-order valence-corrected chi connectivity index (χ4v) is 3.46. The first-order chi connectivity index (χ1) is 10.1. The van der Waals surface area contributed by atoms with E-state index in [1.807, 2.05) is 37.3 Å². The van der Waals surface area contributed by atoms with Crippen LogP contribution >= 0.6 is 22.9 Å². The van der Waals surface area contributed by atoms with Crippen molar-refractivity contribution in [2.24, 2.45) is 5.10 Å². The normalized spacial score (nSPS) is 11.3. The number of hydrazone groups is 1. The molecule has 0 aliphatic rings. The van der Waals surface area contributed by atoms with Crippen LogP contribution in [0.25, 0.3) is 10.1 Å². The van der Waals surface area contributed by atoms with Crippen molar-refractivity contribution < 1.29 is 4.79 Å². The lowest BCUT2D eigenvalue weighted by Gasteiger charge is -1.96. The Morgan fingerprint density at radius 2 is 2.29 bits per heavy atom. The number of carbonyl (C=O) groups is 1. The predicted octanol–water partition coefficient (Wildman–Crippen LogP) is 3.96. The fourth-order valence-electron chi connectivity index (χ4n) is 1.95. The lowest BCUT2D eigenvalue weighted by molar-refractivity contribution is 0.0959. The Morgan fingerprint density at radius 3 is 3.05 bits per heavy atom. The van der Waals surface area contributed by atoms with Crippen LogP contribution < -0.4 is 5.43 Å². The minimum Gasteiger partial charge on any atom is -0.360 e. The van der Waals surface area contributed by atoms with Gasteiger partial charge in [-0.1, -0.05) is 23.7 Å². The molecule has 0 unspecified atom stereocenters. The predicted molar refractivity (Wildman–Crippen MR) is 87.4 cm³/mol. The van der Waals surface area contributed by atoms with E-state index in [0.29, 0.717) is 9.90 Å². The monoisotopic (exact) mass is 317 g/mol. The number of amides is 1. The zero-order valence-corrected chi connectivity index (χ0v) is 12.8. The third-order valence-electron chi connectivity index (χ3n) is 2.98. The Morgan fingerprint density at radius 1 is 1.43 bits per heavy atom. The topological polar surface area (TPSA) is 57.2 Å². The number of thiophene rings is 1. The van der Waals surface area contributed by atoms with E-state index in [1.54, 1.807) is 12.4 Å². The zero-order valence-electron chi connectivity index (χ0n) is 11.2. The minimum absolute atomic E-state index is 0.304. The van der Waals surface area contributed by atoms with E-state index in [2.05, 4.69) is 15.5 Å². The molecule has 2 aromatic heterocycles. The van der Waals surface area contributed by atoms with Gasteiger partial charge >= 0.3 is 0 Å². The van der Waals surface area contributed by atoms with Crippen LogP contribution in [0.5, 0.6) is 0 Å². The first-order valence-electron chi connectivity index (χ1n) is 6.30. The van der Waals surface area contributed by atoms with Gasteiger partial charge in [0.2, 0.25) is 0 Å². The molecule has 0 bridgehead atoms. The van der Waals surface area contributed by atoms with Crippen molar-refractivity contribution in [3.63, 3.8) is 0 Å². The Kier molecular flexibility index (Phi) is 3.77. The van der Waals surface area contributed by atoms with Crippen molar-refractivity contribution in [2.45, 2.75) is 6.92 Å². The number of halogens is 1. The van der Waals surface area contributed by atoms with Crippen molar-refractivity contribution in [1.29, 1.82) is 0 Å². The van der Waals surface area contributed by atoms with Gasteiger partial charge in [-0.05, 0) is 30.7 Å². The van der Waals surface area contributed by atoms with E-state index < -0.39 is 0 Å². The molecule has 0 spiro atoms. The summed E-state index contributed by atoms with van der Waals surface area (Å²) in [5.41, 5.74) is 4.44. The van der Waals surface area contributed by atoms with Crippen LogP contribution in [0.4, 0.5) is 0 Å². The highest BCUT2D eigenvalue weighted by Gasteiger charge is 2.16. The van der Waals surface area contributed by atoms with Gasteiger partial charge in [0, 0.05) is 16.3 Å². The lowest BCUT2D eigenvalue weighted by atomic mass is 10.2. The molecule has 0 aliphatic heterocycles. The highest BCUT2D eigenvalue weighted by atomic mass is 35.5. The molecular formula is C15H12ClN3OS. The molecule has 3 rings (SSSR count). The van der Waals surface area contributed by atoms with Crippen LogP contribution in [0.15, 0.2) is 41.6 Å². The second-order valence-corrected chi connectivity index (χ2v) is 6.00. The van der Waals surface area contributed by atoms with Crippen molar-refractivity contribution in [1.82, 2.24) is 10.4 Å². The summed E-state index contributed by atoms with van der Waals surface area (Å²) in [4.78, 5) is 15.6.